The van der Waals surface area contributed by atoms with E-state index in [0.29, 0.717) is 60.9 Å². The number of likely N-dealkylation sites (N-methyl/N-ethyl adjacent to an activating group) is 1. The van der Waals surface area contributed by atoms with Gasteiger partial charge in [0.05, 0.1) is 23.6 Å². The number of nitrogens with one attached hydrogen (secondary N) is 1. The molecule has 9 nitrogen and oxygen atoms in total. The Morgan fingerprint density at radius 1 is 0.940 bits per heavy atom. The lowest BCUT2D eigenvalue weighted by Crippen LogP contribution is -2.45. The Morgan fingerprint density at radius 3 is 2.28 bits per heavy atom. The number of rotatable bonds is 10. The fourth-order valence-corrected chi connectivity index (χ4v) is 7.56. The number of carbonyl (C=O) groups excluding carboxylic acids is 1. The van der Waals surface area contributed by atoms with Crippen molar-refractivity contribution in [1.82, 2.24) is 14.7 Å². The van der Waals surface area contributed by atoms with Gasteiger partial charge in [0.1, 0.15) is 5.75 Å². The SMILES string of the molecule is Cc1cc(OCCCC2=C(C(=O)Nc3ccc(C(=O)O)c(N4CCN(C)CC4)c3)Cc3c2ccc(Cl)c3-c2c(C)nn(C)c2C)cc(C)c1Cl. The summed E-state index contributed by atoms with van der Waals surface area (Å²) in [6.45, 7) is 11.4. The van der Waals surface area contributed by atoms with E-state index in [0.717, 1.165) is 74.2 Å². The van der Waals surface area contributed by atoms with Crippen LogP contribution in [0.5, 0.6) is 5.75 Å². The first kappa shape index (κ1) is 35.5. The van der Waals surface area contributed by atoms with E-state index in [4.69, 9.17) is 27.9 Å². The minimum absolute atomic E-state index is 0.216. The van der Waals surface area contributed by atoms with Crippen LogP contribution < -0.4 is 15.0 Å². The number of fused-ring (bicyclic) bond motifs is 1. The summed E-state index contributed by atoms with van der Waals surface area (Å²) in [6, 6.07) is 12.8. The summed E-state index contributed by atoms with van der Waals surface area (Å²) in [5.74, 6) is -0.458. The molecule has 50 heavy (non-hydrogen) atoms. The highest BCUT2D eigenvalue weighted by atomic mass is 35.5. The number of aryl methyl sites for hydroxylation is 4. The van der Waals surface area contributed by atoms with Crippen LogP contribution in [0.25, 0.3) is 16.7 Å². The van der Waals surface area contributed by atoms with Crippen molar-refractivity contribution in [3.05, 3.63) is 97.3 Å². The van der Waals surface area contributed by atoms with Crippen molar-refractivity contribution in [3.8, 4) is 16.9 Å². The Balaban J connectivity index is 1.32. The second-order valence-corrected chi connectivity index (χ2v) is 14.1. The maximum atomic E-state index is 14.3. The van der Waals surface area contributed by atoms with Crippen LogP contribution in [0.3, 0.4) is 0 Å². The van der Waals surface area contributed by atoms with Crippen molar-refractivity contribution >= 4 is 52.0 Å². The number of carbonyl (C=O) groups is 2. The summed E-state index contributed by atoms with van der Waals surface area (Å²) in [5.41, 5.74) is 10.6. The fraction of sp³-hybridized carbons (Fsp3) is 0.359. The number of ether oxygens (including phenoxy) is 1. The zero-order valence-electron chi connectivity index (χ0n) is 29.4. The van der Waals surface area contributed by atoms with Gasteiger partial charge in [0, 0.05) is 77.8 Å². The van der Waals surface area contributed by atoms with Gasteiger partial charge in [-0.15, -0.1) is 0 Å². The molecule has 1 amide bonds. The molecule has 1 aliphatic carbocycles. The van der Waals surface area contributed by atoms with E-state index in [1.165, 1.54) is 0 Å². The molecule has 0 saturated carbocycles. The van der Waals surface area contributed by atoms with Gasteiger partial charge in [0.15, 0.2) is 0 Å². The monoisotopic (exact) mass is 715 g/mol. The molecule has 0 unspecified atom stereocenters. The van der Waals surface area contributed by atoms with Crippen molar-refractivity contribution in [2.75, 3.05) is 50.1 Å². The van der Waals surface area contributed by atoms with Crippen molar-refractivity contribution < 1.29 is 19.4 Å². The summed E-state index contributed by atoms with van der Waals surface area (Å²) >= 11 is 13.3. The molecule has 1 saturated heterocycles. The summed E-state index contributed by atoms with van der Waals surface area (Å²) in [6.07, 6.45) is 1.68. The first-order chi connectivity index (χ1) is 23.8. The van der Waals surface area contributed by atoms with Gasteiger partial charge in [-0.3, -0.25) is 9.48 Å². The number of halogens is 2. The number of hydrogen-bond donors (Lipinski definition) is 2. The molecule has 0 radical (unpaired) electrons. The molecule has 0 spiro atoms. The number of aromatic carboxylic acids is 1. The quantitative estimate of drug-likeness (QED) is 0.161. The average Bonchev–Trinajstić information content (AvgIpc) is 3.57. The number of carboxylic acids is 1. The lowest BCUT2D eigenvalue weighted by molar-refractivity contribution is -0.112. The summed E-state index contributed by atoms with van der Waals surface area (Å²) in [7, 11) is 3.97. The van der Waals surface area contributed by atoms with E-state index in [9.17, 15) is 14.7 Å². The van der Waals surface area contributed by atoms with Gasteiger partial charge in [-0.25, -0.2) is 4.79 Å². The predicted octanol–water partition coefficient (Wildman–Crippen LogP) is 7.89. The molecule has 1 aromatic heterocycles. The lowest BCUT2D eigenvalue weighted by atomic mass is 9.93. The largest absolute Gasteiger partial charge is 0.494 e. The number of aromatic nitrogens is 2. The van der Waals surface area contributed by atoms with Gasteiger partial charge in [0.2, 0.25) is 0 Å². The molecule has 3 aromatic carbocycles. The summed E-state index contributed by atoms with van der Waals surface area (Å²) < 4.78 is 8.00. The molecule has 2 N–H and O–H groups in total. The topological polar surface area (TPSA) is 99.9 Å². The molecule has 0 bridgehead atoms. The zero-order valence-corrected chi connectivity index (χ0v) is 30.9. The number of nitrogens with zero attached hydrogens (tertiary/aromatic N) is 4. The molecule has 0 atom stereocenters. The van der Waals surface area contributed by atoms with Crippen LogP contribution in [0, 0.1) is 27.7 Å². The number of anilines is 2. The lowest BCUT2D eigenvalue weighted by Gasteiger charge is -2.35. The maximum absolute atomic E-state index is 14.3. The number of carboxylic acid groups (broad SMARTS) is 1. The third kappa shape index (κ3) is 6.99. The maximum Gasteiger partial charge on any atom is 0.337 e. The molecule has 2 aliphatic rings. The first-order valence-electron chi connectivity index (χ1n) is 16.9. The van der Waals surface area contributed by atoms with Crippen LogP contribution in [0.2, 0.25) is 10.0 Å². The van der Waals surface area contributed by atoms with Gasteiger partial charge in [-0.05, 0) is 112 Å². The second kappa shape index (κ2) is 14.5. The number of amides is 1. The highest BCUT2D eigenvalue weighted by molar-refractivity contribution is 6.34. The van der Waals surface area contributed by atoms with Crippen molar-refractivity contribution in [2.45, 2.75) is 47.0 Å². The molecular weight excluding hydrogens is 673 g/mol. The van der Waals surface area contributed by atoms with Gasteiger partial charge in [-0.2, -0.15) is 5.10 Å². The normalized spacial score (nSPS) is 14.7. The highest BCUT2D eigenvalue weighted by Crippen LogP contribution is 2.46. The number of benzene rings is 3. The van der Waals surface area contributed by atoms with Crippen molar-refractivity contribution in [1.29, 1.82) is 0 Å². The zero-order chi connectivity index (χ0) is 35.9. The van der Waals surface area contributed by atoms with Gasteiger partial charge in [-0.1, -0.05) is 29.3 Å². The van der Waals surface area contributed by atoms with Crippen LogP contribution in [-0.2, 0) is 18.3 Å². The van der Waals surface area contributed by atoms with Crippen LogP contribution >= 0.6 is 23.2 Å². The molecule has 4 aromatic rings. The molecule has 2 heterocycles. The Labute approximate surface area is 303 Å². The van der Waals surface area contributed by atoms with E-state index in [-0.39, 0.29) is 11.5 Å². The molecular formula is C39H43Cl2N5O4. The Bertz CT molecular complexity index is 2000. The van der Waals surface area contributed by atoms with Gasteiger partial charge < -0.3 is 25.0 Å². The van der Waals surface area contributed by atoms with E-state index in [1.54, 1.807) is 18.2 Å². The van der Waals surface area contributed by atoms with Gasteiger partial charge >= 0.3 is 5.97 Å². The fourth-order valence-electron chi connectivity index (χ4n) is 7.17. The predicted molar refractivity (Wildman–Crippen MR) is 201 cm³/mol. The van der Waals surface area contributed by atoms with Crippen LogP contribution in [0.1, 0.15) is 56.8 Å². The minimum atomic E-state index is -0.996. The van der Waals surface area contributed by atoms with Crippen LogP contribution in [-0.4, -0.2) is 71.5 Å². The number of piperazine rings is 1. The van der Waals surface area contributed by atoms with Crippen molar-refractivity contribution in [2.24, 2.45) is 7.05 Å². The van der Waals surface area contributed by atoms with Crippen molar-refractivity contribution in [3.63, 3.8) is 0 Å². The summed E-state index contributed by atoms with van der Waals surface area (Å²) in [4.78, 5) is 30.7. The van der Waals surface area contributed by atoms with E-state index in [2.05, 4.69) is 27.3 Å². The Morgan fingerprint density at radius 2 is 1.64 bits per heavy atom. The Hall–Kier alpha value is -4.31. The molecule has 1 aliphatic heterocycles. The molecule has 262 valence electrons. The molecule has 6 rings (SSSR count). The number of allylic oxidation sites excluding steroid dienone is 1. The first-order valence-corrected chi connectivity index (χ1v) is 17.7. The molecule has 11 heteroatoms. The van der Waals surface area contributed by atoms with Crippen LogP contribution in [0.4, 0.5) is 11.4 Å². The summed E-state index contributed by atoms with van der Waals surface area (Å²) in [5, 5.41) is 19.1. The third-order valence-corrected chi connectivity index (χ3v) is 10.8. The molecule has 1 fully saturated rings. The smallest absolute Gasteiger partial charge is 0.337 e. The van der Waals surface area contributed by atoms with Gasteiger partial charge in [0.25, 0.3) is 5.91 Å². The highest BCUT2D eigenvalue weighted by Gasteiger charge is 2.31. The van der Waals surface area contributed by atoms with E-state index >= 15 is 0 Å². The number of hydrogen-bond acceptors (Lipinski definition) is 6. The minimum Gasteiger partial charge on any atom is -0.494 e. The van der Waals surface area contributed by atoms with Crippen LogP contribution in [0.15, 0.2) is 48.0 Å². The third-order valence-electron chi connectivity index (χ3n) is 9.92. The standard InChI is InChI=1S/C39H43Cl2N5O4/c1-22-18-27(19-23(2)37(22)41)50-17-7-8-28-29-11-12-33(40)36(35-24(3)43-45(6)25(35)4)31(29)21-32(28)38(47)42-26-9-10-30(39(48)49)34(20-26)46-15-13-44(5)14-16-46/h9-12,18-20H,7-8,13-17,21H2,1-6H3,(H,42,47)(H,48,49). The second-order valence-electron chi connectivity index (χ2n) is 13.4. The Kier molecular flexibility index (Phi) is 10.3. The average molecular weight is 717 g/mol. The van der Waals surface area contributed by atoms with E-state index < -0.39 is 5.97 Å². The van der Waals surface area contributed by atoms with E-state index in [1.807, 2.05) is 63.7 Å².